The molecule has 1 N–H and O–H groups in total. The van der Waals surface area contributed by atoms with E-state index in [1.165, 1.54) is 12.1 Å². The number of nitrogens with zero attached hydrogens (tertiary/aromatic N) is 2. The van der Waals surface area contributed by atoms with Crippen molar-refractivity contribution in [2.24, 2.45) is 5.41 Å². The molecule has 204 valence electrons. The lowest BCUT2D eigenvalue weighted by Gasteiger charge is -2.25. The molecule has 0 saturated heterocycles. The van der Waals surface area contributed by atoms with Crippen LogP contribution in [-0.4, -0.2) is 61.7 Å². The molecular formula is C27H39N3O6S. The molecular weight excluding hydrogens is 494 g/mol. The summed E-state index contributed by atoms with van der Waals surface area (Å²) in [5.41, 5.74) is 1.95. The number of aryl methyl sites for hydroxylation is 1. The Morgan fingerprint density at radius 2 is 1.97 bits per heavy atom. The van der Waals surface area contributed by atoms with Gasteiger partial charge in [-0.2, -0.15) is 5.10 Å². The maximum absolute atomic E-state index is 13.0. The zero-order chi connectivity index (χ0) is 27.2. The van der Waals surface area contributed by atoms with Crippen molar-refractivity contribution in [2.45, 2.75) is 77.0 Å². The number of hydrogen-bond acceptors (Lipinski definition) is 7. The molecule has 1 aliphatic rings. The number of fused-ring (bicyclic) bond motifs is 1. The number of carbonyl (C=O) groups is 2. The van der Waals surface area contributed by atoms with E-state index in [9.17, 15) is 18.0 Å². The maximum atomic E-state index is 13.0. The molecule has 2 aromatic rings. The molecule has 10 heteroatoms. The second-order valence-corrected chi connectivity index (χ2v) is 13.0. The third-order valence-electron chi connectivity index (χ3n) is 6.34. The smallest absolute Gasteiger partial charge is 0.338 e. The highest BCUT2D eigenvalue weighted by Gasteiger charge is 2.28. The molecule has 0 spiro atoms. The fourth-order valence-electron chi connectivity index (χ4n) is 4.22. The van der Waals surface area contributed by atoms with Crippen molar-refractivity contribution in [1.82, 2.24) is 15.1 Å². The average Bonchev–Trinajstić information content (AvgIpc) is 3.18. The Kier molecular flexibility index (Phi) is 9.52. The molecule has 1 aliphatic heterocycles. The van der Waals surface area contributed by atoms with Crippen molar-refractivity contribution in [1.29, 1.82) is 0 Å². The minimum absolute atomic E-state index is 0.0956. The fourth-order valence-corrected chi connectivity index (χ4v) is 5.33. The number of benzene rings is 1. The molecule has 0 unspecified atom stereocenters. The van der Waals surface area contributed by atoms with Crippen LogP contribution in [0.25, 0.3) is 0 Å². The molecule has 3 rings (SSSR count). The zero-order valence-electron chi connectivity index (χ0n) is 22.5. The number of aromatic nitrogens is 2. The van der Waals surface area contributed by atoms with Crippen molar-refractivity contribution < 1.29 is 27.5 Å². The lowest BCUT2D eigenvalue weighted by atomic mass is 9.94. The minimum Gasteiger partial charge on any atom is -0.461 e. The van der Waals surface area contributed by atoms with Gasteiger partial charge in [0, 0.05) is 31.7 Å². The number of esters is 1. The van der Waals surface area contributed by atoms with Gasteiger partial charge in [0.15, 0.2) is 9.84 Å². The molecule has 2 heterocycles. The van der Waals surface area contributed by atoms with Crippen LogP contribution in [-0.2, 0) is 38.7 Å². The Hall–Kier alpha value is -2.72. The van der Waals surface area contributed by atoms with Crippen LogP contribution in [0.5, 0.6) is 0 Å². The topological polar surface area (TPSA) is 117 Å². The van der Waals surface area contributed by atoms with Gasteiger partial charge in [0.2, 0.25) is 0 Å². The molecule has 0 atom stereocenters. The van der Waals surface area contributed by atoms with Crippen molar-refractivity contribution in [3.8, 4) is 0 Å². The average molecular weight is 534 g/mol. The highest BCUT2D eigenvalue weighted by Crippen LogP contribution is 2.25. The number of carbonyl (C=O) groups excluding carboxylic acids is 2. The van der Waals surface area contributed by atoms with Crippen LogP contribution in [0.4, 0.5) is 0 Å². The minimum atomic E-state index is -3.50. The van der Waals surface area contributed by atoms with Crippen molar-refractivity contribution in [2.75, 3.05) is 26.4 Å². The summed E-state index contributed by atoms with van der Waals surface area (Å²) in [7, 11) is -3.50. The summed E-state index contributed by atoms with van der Waals surface area (Å²) in [5, 5.41) is 7.15. The molecule has 0 saturated carbocycles. The molecule has 37 heavy (non-hydrogen) atoms. The lowest BCUT2D eigenvalue weighted by molar-refractivity contribution is 0.0304. The second kappa shape index (κ2) is 12.2. The molecule has 1 aromatic carbocycles. The van der Waals surface area contributed by atoms with E-state index in [0.29, 0.717) is 44.7 Å². The van der Waals surface area contributed by atoms with Gasteiger partial charge in [-0.05, 0) is 57.7 Å². The van der Waals surface area contributed by atoms with Crippen LogP contribution in [0, 0.1) is 5.41 Å². The first-order valence-electron chi connectivity index (χ1n) is 12.9. The van der Waals surface area contributed by atoms with Gasteiger partial charge in [0.1, 0.15) is 0 Å². The van der Waals surface area contributed by atoms with Crippen molar-refractivity contribution >= 4 is 21.7 Å². The largest absolute Gasteiger partial charge is 0.461 e. The lowest BCUT2D eigenvalue weighted by Crippen LogP contribution is -2.29. The predicted molar refractivity (Wildman–Crippen MR) is 141 cm³/mol. The molecule has 9 nitrogen and oxygen atoms in total. The van der Waals surface area contributed by atoms with E-state index in [1.807, 2.05) is 25.5 Å². The van der Waals surface area contributed by atoms with E-state index < -0.39 is 26.5 Å². The first-order valence-corrected chi connectivity index (χ1v) is 14.5. The summed E-state index contributed by atoms with van der Waals surface area (Å²) in [4.78, 5) is 25.9. The van der Waals surface area contributed by atoms with E-state index in [-0.39, 0.29) is 23.0 Å². The Labute approximate surface area is 219 Å². The summed E-state index contributed by atoms with van der Waals surface area (Å²) in [6.45, 7) is 11.4. The second-order valence-electron chi connectivity index (χ2n) is 10.5. The number of rotatable bonds is 8. The number of sulfone groups is 1. The van der Waals surface area contributed by atoms with Gasteiger partial charge in [-0.1, -0.05) is 26.8 Å². The van der Waals surface area contributed by atoms with Gasteiger partial charge in [-0.3, -0.25) is 9.48 Å². The van der Waals surface area contributed by atoms with Crippen molar-refractivity contribution in [3.05, 3.63) is 46.8 Å². The molecule has 1 aromatic heterocycles. The van der Waals surface area contributed by atoms with Gasteiger partial charge in [0.05, 0.1) is 39.3 Å². The number of nitrogens with one attached hydrogen (secondary N) is 1. The quantitative estimate of drug-likeness (QED) is 0.516. The predicted octanol–water partition coefficient (Wildman–Crippen LogP) is 3.59. The van der Waals surface area contributed by atoms with Gasteiger partial charge in [0.25, 0.3) is 5.91 Å². The summed E-state index contributed by atoms with van der Waals surface area (Å²) in [6.07, 6.45) is 2.83. The van der Waals surface area contributed by atoms with E-state index in [0.717, 1.165) is 24.2 Å². The van der Waals surface area contributed by atoms with Crippen LogP contribution >= 0.6 is 0 Å². The summed E-state index contributed by atoms with van der Waals surface area (Å²) in [6, 6.07) is 5.95. The van der Waals surface area contributed by atoms with Crippen molar-refractivity contribution in [3.63, 3.8) is 0 Å². The molecule has 0 bridgehead atoms. The van der Waals surface area contributed by atoms with Gasteiger partial charge in [-0.25, -0.2) is 13.2 Å². The Morgan fingerprint density at radius 1 is 1.24 bits per heavy atom. The maximum Gasteiger partial charge on any atom is 0.338 e. The Morgan fingerprint density at radius 3 is 2.68 bits per heavy atom. The standard InChI is InChI=1S/C27H39N3O6S/c1-6-22-24-23(12-8-14-35-15-9-13-28-25(24)31)30(29-22)17-27(4,5)18-36-26(32)20-10-7-11-21(16-20)37(33,34)19(2)3/h7,10-11,16,19H,6,8-9,12-15,17-18H2,1-5H3,(H,28,31). The van der Waals surface area contributed by atoms with Crippen LogP contribution in [0.2, 0.25) is 0 Å². The zero-order valence-corrected chi connectivity index (χ0v) is 23.3. The van der Waals surface area contributed by atoms with Gasteiger partial charge in [-0.15, -0.1) is 0 Å². The number of ether oxygens (including phenoxy) is 2. The Balaban J connectivity index is 1.77. The molecule has 1 amide bonds. The first kappa shape index (κ1) is 28.8. The normalized spacial score (nSPS) is 15.6. The van der Waals surface area contributed by atoms with Crippen LogP contribution in [0.15, 0.2) is 29.2 Å². The number of amides is 1. The summed E-state index contributed by atoms with van der Waals surface area (Å²) >= 11 is 0. The monoisotopic (exact) mass is 533 g/mol. The van der Waals surface area contributed by atoms with E-state index in [1.54, 1.807) is 26.0 Å². The molecule has 0 fully saturated rings. The van der Waals surface area contributed by atoms with Gasteiger partial charge >= 0.3 is 5.97 Å². The van der Waals surface area contributed by atoms with E-state index >= 15 is 0 Å². The molecule has 0 aliphatic carbocycles. The SMILES string of the molecule is CCc1nn(CC(C)(C)COC(=O)c2cccc(S(=O)(=O)C(C)C)c2)c2c1C(=O)NCCCOCCC2. The van der Waals surface area contributed by atoms with Crippen LogP contribution in [0.1, 0.15) is 79.6 Å². The van der Waals surface area contributed by atoms with Gasteiger partial charge < -0.3 is 14.8 Å². The highest BCUT2D eigenvalue weighted by molar-refractivity contribution is 7.92. The van der Waals surface area contributed by atoms with Crippen LogP contribution < -0.4 is 5.32 Å². The third-order valence-corrected chi connectivity index (χ3v) is 8.49. The fraction of sp³-hybridized carbons (Fsp3) is 0.593. The van der Waals surface area contributed by atoms with E-state index in [4.69, 9.17) is 14.6 Å². The first-order chi connectivity index (χ1) is 17.5. The summed E-state index contributed by atoms with van der Waals surface area (Å²) < 4.78 is 38.2. The highest BCUT2D eigenvalue weighted by atomic mass is 32.2. The van der Waals surface area contributed by atoms with E-state index in [2.05, 4.69) is 5.32 Å². The van der Waals surface area contributed by atoms with Crippen LogP contribution in [0.3, 0.4) is 0 Å². The third kappa shape index (κ3) is 7.19. The Bertz CT molecular complexity index is 1220. The summed E-state index contributed by atoms with van der Waals surface area (Å²) in [5.74, 6) is -0.695. The molecule has 0 radical (unpaired) electrons. The number of hydrogen-bond donors (Lipinski definition) is 1.